The van der Waals surface area contributed by atoms with Crippen molar-refractivity contribution in [3.8, 4) is 0 Å². The van der Waals surface area contributed by atoms with Gasteiger partial charge in [-0.25, -0.2) is 0 Å². The van der Waals surface area contributed by atoms with Gasteiger partial charge in [-0.15, -0.1) is 0 Å². The van der Waals surface area contributed by atoms with Crippen molar-refractivity contribution in [3.63, 3.8) is 0 Å². The summed E-state index contributed by atoms with van der Waals surface area (Å²) in [4.78, 5) is 0. The van der Waals surface area contributed by atoms with Crippen LogP contribution in [0.4, 0.5) is 0 Å². The molecule has 0 radical (unpaired) electrons. The fourth-order valence-electron chi connectivity index (χ4n) is 5.78. The molecular formula is C18H22N2O3. The van der Waals surface area contributed by atoms with Crippen LogP contribution in [0.15, 0.2) is 40.6 Å². The van der Waals surface area contributed by atoms with Gasteiger partial charge in [0, 0.05) is 23.2 Å². The summed E-state index contributed by atoms with van der Waals surface area (Å²) < 4.78 is 0. The van der Waals surface area contributed by atoms with Crippen LogP contribution < -0.4 is 0 Å². The zero-order valence-corrected chi connectivity index (χ0v) is 13.3. The first kappa shape index (κ1) is 14.7. The minimum Gasteiger partial charge on any atom is -0.411 e. The first-order valence-corrected chi connectivity index (χ1v) is 8.19. The third-order valence-corrected chi connectivity index (χ3v) is 6.83. The molecule has 5 rings (SSSR count). The van der Waals surface area contributed by atoms with Gasteiger partial charge in [0.15, 0.2) is 0 Å². The minimum atomic E-state index is -0.997. The van der Waals surface area contributed by atoms with E-state index < -0.39 is 11.0 Å². The van der Waals surface area contributed by atoms with Crippen molar-refractivity contribution in [2.75, 3.05) is 0 Å². The van der Waals surface area contributed by atoms with E-state index in [0.29, 0.717) is 17.8 Å². The van der Waals surface area contributed by atoms with Gasteiger partial charge in [0.1, 0.15) is 0 Å². The molecule has 5 nitrogen and oxygen atoms in total. The maximum Gasteiger partial charge on any atom is 0.0800 e. The lowest BCUT2D eigenvalue weighted by Crippen LogP contribution is -2.73. The Morgan fingerprint density at radius 1 is 1.04 bits per heavy atom. The molecule has 4 bridgehead atoms. The number of benzene rings is 1. The van der Waals surface area contributed by atoms with Crippen molar-refractivity contribution < 1.29 is 15.5 Å². The van der Waals surface area contributed by atoms with E-state index in [2.05, 4.69) is 29.4 Å². The molecule has 4 saturated carbocycles. The number of oxime groups is 2. The van der Waals surface area contributed by atoms with Crippen molar-refractivity contribution >= 4 is 11.4 Å². The van der Waals surface area contributed by atoms with Crippen LogP contribution in [0.25, 0.3) is 0 Å². The Bertz CT molecular complexity index is 697. The molecule has 5 heteroatoms. The molecule has 6 atom stereocenters. The van der Waals surface area contributed by atoms with E-state index in [0.717, 1.165) is 12.0 Å². The van der Waals surface area contributed by atoms with Crippen LogP contribution in [0.5, 0.6) is 0 Å². The maximum atomic E-state index is 11.5. The van der Waals surface area contributed by atoms with Crippen LogP contribution in [-0.2, 0) is 5.41 Å². The average Bonchev–Trinajstić information content (AvgIpc) is 2.56. The highest BCUT2D eigenvalue weighted by atomic mass is 16.4. The van der Waals surface area contributed by atoms with E-state index >= 15 is 0 Å². The van der Waals surface area contributed by atoms with Crippen molar-refractivity contribution in [1.29, 1.82) is 0 Å². The zero-order valence-electron chi connectivity index (χ0n) is 13.3. The van der Waals surface area contributed by atoms with E-state index in [1.165, 1.54) is 0 Å². The second-order valence-corrected chi connectivity index (χ2v) is 7.55. The number of rotatable bonds is 1. The first-order chi connectivity index (χ1) is 11.0. The predicted octanol–water partition coefficient (Wildman–Crippen LogP) is 2.64. The lowest BCUT2D eigenvalue weighted by atomic mass is 9.38. The first-order valence-electron chi connectivity index (χ1n) is 8.19. The monoisotopic (exact) mass is 314 g/mol. The molecule has 1 aromatic rings. The standard InChI is InChI=1S/C18H22N2O3/c1-10-12-8-18(11-6-4-3-5-7-11)9-13(15(12)19-22)16(20-23)14(10)17(18,2)21/h3-7,10,12-14,21-23H,8-9H2,1-2H3/b19-15-,20-16-/t10?,12?,13?,14?,17-,18?/m1/s1. The summed E-state index contributed by atoms with van der Waals surface area (Å²) in [5.74, 6) is -0.231. The Morgan fingerprint density at radius 2 is 1.70 bits per heavy atom. The normalized spacial score (nSPS) is 48.3. The van der Waals surface area contributed by atoms with Crippen LogP contribution in [0, 0.1) is 23.7 Å². The topological polar surface area (TPSA) is 85.4 Å². The van der Waals surface area contributed by atoms with Crippen LogP contribution in [0.3, 0.4) is 0 Å². The third-order valence-electron chi connectivity index (χ3n) is 6.83. The number of aliphatic hydroxyl groups is 1. The molecule has 4 aliphatic rings. The van der Waals surface area contributed by atoms with E-state index in [1.54, 1.807) is 0 Å². The third kappa shape index (κ3) is 1.56. The zero-order chi connectivity index (χ0) is 16.4. The number of nitrogens with zero attached hydrogens (tertiary/aromatic N) is 2. The van der Waals surface area contributed by atoms with E-state index in [4.69, 9.17) is 0 Å². The Kier molecular flexibility index (Phi) is 2.92. The predicted molar refractivity (Wildman–Crippen MR) is 86.1 cm³/mol. The molecule has 4 aliphatic carbocycles. The average molecular weight is 314 g/mol. The largest absolute Gasteiger partial charge is 0.411 e. The molecule has 0 aliphatic heterocycles. The lowest BCUT2D eigenvalue weighted by Gasteiger charge is -2.66. The molecule has 0 amide bonds. The van der Waals surface area contributed by atoms with Gasteiger partial charge in [-0.1, -0.05) is 47.6 Å². The fraction of sp³-hybridized carbons (Fsp3) is 0.556. The summed E-state index contributed by atoms with van der Waals surface area (Å²) in [7, 11) is 0. The highest BCUT2D eigenvalue weighted by Gasteiger charge is 2.70. The van der Waals surface area contributed by atoms with Gasteiger partial charge in [-0.05, 0) is 31.2 Å². The van der Waals surface area contributed by atoms with Crippen molar-refractivity contribution in [3.05, 3.63) is 35.9 Å². The van der Waals surface area contributed by atoms with Crippen LogP contribution >= 0.6 is 0 Å². The summed E-state index contributed by atoms with van der Waals surface area (Å²) in [6.45, 7) is 3.93. The molecule has 122 valence electrons. The summed E-state index contributed by atoms with van der Waals surface area (Å²) in [5, 5.41) is 37.7. The minimum absolute atomic E-state index is 0.0789. The molecule has 4 fully saturated rings. The SMILES string of the molecule is CC1C2CC3(c4ccccc4)CC(/C2=N\O)/C(=N/O)C1[C@@]3(C)O. The Morgan fingerprint density at radius 3 is 2.30 bits per heavy atom. The van der Waals surface area contributed by atoms with Gasteiger partial charge in [0.25, 0.3) is 0 Å². The van der Waals surface area contributed by atoms with Crippen molar-refractivity contribution in [2.45, 2.75) is 37.7 Å². The van der Waals surface area contributed by atoms with Gasteiger partial charge >= 0.3 is 0 Å². The van der Waals surface area contributed by atoms with Crippen molar-refractivity contribution in [2.24, 2.45) is 34.0 Å². The summed E-state index contributed by atoms with van der Waals surface area (Å²) in [5.41, 5.74) is 0.999. The van der Waals surface area contributed by atoms with Crippen molar-refractivity contribution in [1.82, 2.24) is 0 Å². The van der Waals surface area contributed by atoms with Crippen LogP contribution in [0.1, 0.15) is 32.3 Å². The number of hydrogen-bond acceptors (Lipinski definition) is 5. The van der Waals surface area contributed by atoms with E-state index in [-0.39, 0.29) is 23.7 Å². The smallest absolute Gasteiger partial charge is 0.0800 e. The number of hydrogen-bond donors (Lipinski definition) is 3. The molecule has 0 heterocycles. The fourth-order valence-corrected chi connectivity index (χ4v) is 5.78. The second-order valence-electron chi connectivity index (χ2n) is 7.55. The van der Waals surface area contributed by atoms with E-state index in [1.807, 2.05) is 25.1 Å². The summed E-state index contributed by atoms with van der Waals surface area (Å²) >= 11 is 0. The summed E-state index contributed by atoms with van der Waals surface area (Å²) in [6, 6.07) is 10.1. The molecule has 5 unspecified atom stereocenters. The van der Waals surface area contributed by atoms with Gasteiger partial charge in [-0.2, -0.15) is 0 Å². The highest BCUT2D eigenvalue weighted by molar-refractivity contribution is 6.13. The van der Waals surface area contributed by atoms with Gasteiger partial charge in [0.2, 0.25) is 0 Å². The maximum absolute atomic E-state index is 11.5. The summed E-state index contributed by atoms with van der Waals surface area (Å²) in [6.07, 6.45) is 1.37. The molecule has 1 aromatic carbocycles. The molecule has 3 N–H and O–H groups in total. The van der Waals surface area contributed by atoms with Crippen LogP contribution in [0.2, 0.25) is 0 Å². The highest BCUT2D eigenvalue weighted by Crippen LogP contribution is 2.64. The Balaban J connectivity index is 1.95. The molecule has 0 aromatic heterocycles. The van der Waals surface area contributed by atoms with Crippen LogP contribution in [-0.4, -0.2) is 32.5 Å². The second kappa shape index (κ2) is 4.57. The molecule has 23 heavy (non-hydrogen) atoms. The Hall–Kier alpha value is -1.88. The lowest BCUT2D eigenvalue weighted by molar-refractivity contribution is -0.132. The van der Waals surface area contributed by atoms with Gasteiger partial charge < -0.3 is 15.5 Å². The van der Waals surface area contributed by atoms with E-state index in [9.17, 15) is 15.5 Å². The Labute approximate surface area is 135 Å². The molecule has 0 spiro atoms. The molecule has 0 saturated heterocycles. The molecular weight excluding hydrogens is 292 g/mol. The van der Waals surface area contributed by atoms with Gasteiger partial charge in [-0.3, -0.25) is 0 Å². The van der Waals surface area contributed by atoms with Gasteiger partial charge in [0.05, 0.1) is 17.0 Å². The quantitative estimate of drug-likeness (QED) is 0.550.